The van der Waals surface area contributed by atoms with Crippen LogP contribution in [0.2, 0.25) is 0 Å². The largest absolute Gasteiger partial charge is 0.494 e. The van der Waals surface area contributed by atoms with Crippen LogP contribution in [0, 0.1) is 0 Å². The summed E-state index contributed by atoms with van der Waals surface area (Å²) in [6, 6.07) is 3.46. The van der Waals surface area contributed by atoms with Crippen molar-refractivity contribution in [3.05, 3.63) is 17.7 Å². The van der Waals surface area contributed by atoms with Gasteiger partial charge in [-0.3, -0.25) is 4.79 Å². The topological polar surface area (TPSA) is 44.8 Å². The summed E-state index contributed by atoms with van der Waals surface area (Å²) in [4.78, 5) is 11.7. The van der Waals surface area contributed by atoms with Gasteiger partial charge in [0.15, 0.2) is 5.78 Å². The number of hydrogen-bond acceptors (Lipinski definition) is 4. The molecule has 0 amide bonds. The number of carbonyl (C=O) groups excluding carboxylic acids is 1. The summed E-state index contributed by atoms with van der Waals surface area (Å²) in [6.07, 6.45) is 0. The normalized spacial score (nSPS) is 10.0. The van der Waals surface area contributed by atoms with Crippen molar-refractivity contribution in [1.82, 2.24) is 0 Å². The van der Waals surface area contributed by atoms with Gasteiger partial charge in [-0.2, -0.15) is 0 Å². The minimum atomic E-state index is -0.0788. The highest BCUT2D eigenvalue weighted by Gasteiger charge is 2.17. The van der Waals surface area contributed by atoms with E-state index in [4.69, 9.17) is 14.2 Å². The highest BCUT2D eigenvalue weighted by atomic mass is 16.5. The van der Waals surface area contributed by atoms with E-state index in [2.05, 4.69) is 0 Å². The predicted molar refractivity (Wildman–Crippen MR) is 70.0 cm³/mol. The smallest absolute Gasteiger partial charge is 0.167 e. The lowest BCUT2D eigenvalue weighted by Gasteiger charge is -2.15. The van der Waals surface area contributed by atoms with Gasteiger partial charge < -0.3 is 14.2 Å². The van der Waals surface area contributed by atoms with Gasteiger partial charge in [-0.05, 0) is 27.7 Å². The fourth-order valence-electron chi connectivity index (χ4n) is 1.70. The lowest BCUT2D eigenvalue weighted by Crippen LogP contribution is -2.06. The fourth-order valence-corrected chi connectivity index (χ4v) is 1.70. The maximum atomic E-state index is 11.7. The second kappa shape index (κ2) is 6.89. The number of rotatable bonds is 7. The van der Waals surface area contributed by atoms with Crippen molar-refractivity contribution >= 4 is 5.78 Å². The van der Waals surface area contributed by atoms with Gasteiger partial charge in [0.05, 0.1) is 19.8 Å². The van der Waals surface area contributed by atoms with Gasteiger partial charge in [0.2, 0.25) is 0 Å². The monoisotopic (exact) mass is 252 g/mol. The van der Waals surface area contributed by atoms with Crippen LogP contribution in [0.1, 0.15) is 38.1 Å². The summed E-state index contributed by atoms with van der Waals surface area (Å²) in [5.41, 5.74) is 0.474. The minimum Gasteiger partial charge on any atom is -0.494 e. The number of benzene rings is 1. The molecule has 18 heavy (non-hydrogen) atoms. The van der Waals surface area contributed by atoms with Crippen molar-refractivity contribution in [2.24, 2.45) is 0 Å². The lowest BCUT2D eigenvalue weighted by atomic mass is 10.1. The average Bonchev–Trinajstić information content (AvgIpc) is 2.29. The molecule has 0 fully saturated rings. The molecule has 1 rings (SSSR count). The molecule has 0 unspecified atom stereocenters. The van der Waals surface area contributed by atoms with Crippen LogP contribution >= 0.6 is 0 Å². The molecule has 0 spiro atoms. The van der Waals surface area contributed by atoms with Gasteiger partial charge >= 0.3 is 0 Å². The summed E-state index contributed by atoms with van der Waals surface area (Å²) < 4.78 is 16.4. The average molecular weight is 252 g/mol. The number of ether oxygens (including phenoxy) is 3. The first-order valence-electron chi connectivity index (χ1n) is 6.21. The molecule has 0 aliphatic carbocycles. The van der Waals surface area contributed by atoms with E-state index < -0.39 is 0 Å². The molecular weight excluding hydrogens is 232 g/mol. The maximum Gasteiger partial charge on any atom is 0.167 e. The Morgan fingerprint density at radius 3 is 1.72 bits per heavy atom. The highest BCUT2D eigenvalue weighted by Crippen LogP contribution is 2.34. The molecule has 0 aliphatic rings. The van der Waals surface area contributed by atoms with Crippen molar-refractivity contribution < 1.29 is 19.0 Å². The van der Waals surface area contributed by atoms with Crippen molar-refractivity contribution in [3.8, 4) is 17.2 Å². The number of ketones is 1. The van der Waals surface area contributed by atoms with Crippen LogP contribution in [0.4, 0.5) is 0 Å². The third kappa shape index (κ3) is 3.39. The van der Waals surface area contributed by atoms with Crippen LogP contribution < -0.4 is 14.2 Å². The van der Waals surface area contributed by atoms with Crippen LogP contribution in [-0.4, -0.2) is 25.6 Å². The van der Waals surface area contributed by atoms with Gasteiger partial charge in [-0.15, -0.1) is 0 Å². The molecule has 0 heterocycles. The third-order valence-corrected chi connectivity index (χ3v) is 2.30. The van der Waals surface area contributed by atoms with E-state index in [0.717, 1.165) is 0 Å². The van der Waals surface area contributed by atoms with E-state index in [1.54, 1.807) is 12.1 Å². The Labute approximate surface area is 108 Å². The van der Waals surface area contributed by atoms with Gasteiger partial charge in [0.1, 0.15) is 22.8 Å². The van der Waals surface area contributed by atoms with Crippen LogP contribution in [0.25, 0.3) is 0 Å². The van der Waals surface area contributed by atoms with Crippen molar-refractivity contribution in [3.63, 3.8) is 0 Å². The molecular formula is C14H20O4. The molecule has 0 saturated heterocycles. The maximum absolute atomic E-state index is 11.7. The molecule has 0 saturated carbocycles. The predicted octanol–water partition coefficient (Wildman–Crippen LogP) is 3.09. The highest BCUT2D eigenvalue weighted by molar-refractivity contribution is 6.00. The Morgan fingerprint density at radius 1 is 0.944 bits per heavy atom. The van der Waals surface area contributed by atoms with E-state index in [1.165, 1.54) is 6.92 Å². The minimum absolute atomic E-state index is 0.0788. The molecule has 1 aromatic carbocycles. The number of Topliss-reactive ketones (excluding diaryl/α,β-unsaturated/α-hetero) is 1. The van der Waals surface area contributed by atoms with Crippen LogP contribution in [0.5, 0.6) is 17.2 Å². The van der Waals surface area contributed by atoms with Gasteiger partial charge in [0, 0.05) is 12.1 Å². The summed E-state index contributed by atoms with van der Waals surface area (Å²) in [6.45, 7) is 8.68. The first-order valence-corrected chi connectivity index (χ1v) is 6.21. The summed E-state index contributed by atoms with van der Waals surface area (Å²) >= 11 is 0. The van der Waals surface area contributed by atoms with Gasteiger partial charge in [-0.1, -0.05) is 0 Å². The van der Waals surface area contributed by atoms with E-state index >= 15 is 0 Å². The summed E-state index contributed by atoms with van der Waals surface area (Å²) in [7, 11) is 0. The molecule has 100 valence electrons. The Morgan fingerprint density at radius 2 is 1.39 bits per heavy atom. The van der Waals surface area contributed by atoms with Crippen molar-refractivity contribution in [1.29, 1.82) is 0 Å². The molecule has 0 N–H and O–H groups in total. The second-order valence-corrected chi connectivity index (χ2v) is 3.65. The fraction of sp³-hybridized carbons (Fsp3) is 0.500. The zero-order valence-corrected chi connectivity index (χ0v) is 11.4. The summed E-state index contributed by atoms with van der Waals surface area (Å²) in [5.74, 6) is 1.60. The summed E-state index contributed by atoms with van der Waals surface area (Å²) in [5, 5.41) is 0. The van der Waals surface area contributed by atoms with Gasteiger partial charge in [0.25, 0.3) is 0 Å². The molecule has 0 aliphatic heterocycles. The van der Waals surface area contributed by atoms with E-state index in [0.29, 0.717) is 42.6 Å². The molecule has 0 radical (unpaired) electrons. The Bertz CT molecular complexity index is 385. The molecule has 1 aromatic rings. The first-order chi connectivity index (χ1) is 8.63. The van der Waals surface area contributed by atoms with E-state index in [1.807, 2.05) is 20.8 Å². The standard InChI is InChI=1S/C14H20O4/c1-5-16-11-8-12(17-6-2)14(10(4)15)13(9-11)18-7-3/h8-9H,5-7H2,1-4H3. The van der Waals surface area contributed by atoms with Crippen molar-refractivity contribution in [2.45, 2.75) is 27.7 Å². The van der Waals surface area contributed by atoms with E-state index in [9.17, 15) is 4.79 Å². The van der Waals surface area contributed by atoms with Crippen LogP contribution in [-0.2, 0) is 0 Å². The third-order valence-electron chi connectivity index (χ3n) is 2.30. The van der Waals surface area contributed by atoms with Crippen molar-refractivity contribution in [2.75, 3.05) is 19.8 Å². The zero-order valence-electron chi connectivity index (χ0n) is 11.4. The quantitative estimate of drug-likeness (QED) is 0.699. The lowest BCUT2D eigenvalue weighted by molar-refractivity contribution is 0.101. The van der Waals surface area contributed by atoms with E-state index in [-0.39, 0.29) is 5.78 Å². The first kappa shape index (κ1) is 14.4. The molecule has 4 heteroatoms. The molecule has 0 atom stereocenters. The van der Waals surface area contributed by atoms with Gasteiger partial charge in [-0.25, -0.2) is 0 Å². The zero-order chi connectivity index (χ0) is 13.5. The Hall–Kier alpha value is -1.71. The molecule has 0 aromatic heterocycles. The second-order valence-electron chi connectivity index (χ2n) is 3.65. The molecule has 4 nitrogen and oxygen atoms in total. The molecule has 0 bridgehead atoms. The SMILES string of the molecule is CCOc1cc(OCC)c(C(C)=O)c(OCC)c1. The number of hydrogen-bond donors (Lipinski definition) is 0. The Balaban J connectivity index is 3.29. The van der Waals surface area contributed by atoms with Crippen LogP contribution in [0.15, 0.2) is 12.1 Å². The van der Waals surface area contributed by atoms with Crippen LogP contribution in [0.3, 0.4) is 0 Å². The number of carbonyl (C=O) groups is 1. The Kier molecular flexibility index (Phi) is 5.49.